The number of aromatic nitrogens is 3. The Labute approximate surface area is 258 Å². The van der Waals surface area contributed by atoms with Gasteiger partial charge in [0.15, 0.2) is 0 Å². The summed E-state index contributed by atoms with van der Waals surface area (Å²) in [5.74, 6) is 4.22. The first-order chi connectivity index (χ1) is 21.5. The minimum absolute atomic E-state index is 0.0766. The number of carbonyl (C=O) groups is 1. The van der Waals surface area contributed by atoms with Crippen molar-refractivity contribution in [2.24, 2.45) is 0 Å². The first-order valence-corrected chi connectivity index (χ1v) is 14.1. The maximum atomic E-state index is 15.4. The van der Waals surface area contributed by atoms with E-state index in [1.54, 1.807) is 75.6 Å². The van der Waals surface area contributed by atoms with E-state index < -0.39 is 23.2 Å². The molecular formula is C35H31F2N3O5. The quantitative estimate of drug-likeness (QED) is 0.186. The number of pyridine rings is 1. The molecule has 3 aromatic carbocycles. The lowest BCUT2D eigenvalue weighted by Crippen LogP contribution is -2.14. The van der Waals surface area contributed by atoms with Crippen LogP contribution in [-0.2, 0) is 24.3 Å². The van der Waals surface area contributed by atoms with Crippen LogP contribution in [0.5, 0.6) is 5.88 Å². The first kappa shape index (κ1) is 31.3. The zero-order valence-electron chi connectivity index (χ0n) is 25.0. The minimum Gasteiger partial charge on any atom is -0.478 e. The standard InChI is InChI=1S/C35H31F2N3O5/c1-35(2,43)14-13-22-7-8-26(27(36)17-22)21-45-33-6-4-5-29(39-33)24-10-9-23(28(37)18-24)20-32-38-30-12-11-25(34(41)42)19-31(30)40(32)15-16-44-3/h4-12,17-19,43H,15-16,20-21H2,1-3H3,(H,41,42). The van der Waals surface area contributed by atoms with E-state index in [-0.39, 0.29) is 24.5 Å². The molecule has 5 rings (SSSR count). The summed E-state index contributed by atoms with van der Waals surface area (Å²) in [6.45, 7) is 3.81. The SMILES string of the molecule is COCCn1c(Cc2ccc(-c3cccc(OCc4ccc(C#CC(C)(C)O)cc4F)n3)cc2F)nc2ccc(C(=O)O)cc21. The molecule has 0 saturated carbocycles. The number of carboxylic acids is 1. The summed E-state index contributed by atoms with van der Waals surface area (Å²) in [7, 11) is 1.57. The Bertz CT molecular complexity index is 1940. The van der Waals surface area contributed by atoms with Crippen LogP contribution in [0.25, 0.3) is 22.3 Å². The van der Waals surface area contributed by atoms with Crippen molar-refractivity contribution in [1.82, 2.24) is 14.5 Å². The average molecular weight is 612 g/mol. The molecule has 0 spiro atoms. The van der Waals surface area contributed by atoms with Crippen molar-refractivity contribution in [3.8, 4) is 29.0 Å². The van der Waals surface area contributed by atoms with Gasteiger partial charge in [-0.25, -0.2) is 23.5 Å². The molecular weight excluding hydrogens is 580 g/mol. The lowest BCUT2D eigenvalue weighted by atomic mass is 10.1. The molecule has 2 N–H and O–H groups in total. The topological polar surface area (TPSA) is 107 Å². The minimum atomic E-state index is -1.18. The molecule has 0 radical (unpaired) electrons. The van der Waals surface area contributed by atoms with Gasteiger partial charge in [-0.1, -0.05) is 36.1 Å². The Kier molecular flexibility index (Phi) is 9.23. The Morgan fingerprint density at radius 2 is 1.76 bits per heavy atom. The number of hydrogen-bond donors (Lipinski definition) is 2. The number of carboxylic acid groups (broad SMARTS) is 1. The molecule has 0 saturated heterocycles. The van der Waals surface area contributed by atoms with Gasteiger partial charge in [-0.15, -0.1) is 0 Å². The van der Waals surface area contributed by atoms with Gasteiger partial charge in [0.25, 0.3) is 0 Å². The van der Waals surface area contributed by atoms with E-state index >= 15 is 4.39 Å². The van der Waals surface area contributed by atoms with E-state index in [2.05, 4.69) is 21.8 Å². The molecule has 0 aliphatic heterocycles. The van der Waals surface area contributed by atoms with Crippen molar-refractivity contribution in [3.63, 3.8) is 0 Å². The van der Waals surface area contributed by atoms with Gasteiger partial charge < -0.3 is 24.3 Å². The molecule has 5 aromatic rings. The molecule has 8 nitrogen and oxygen atoms in total. The lowest BCUT2D eigenvalue weighted by molar-refractivity contribution is 0.0697. The second kappa shape index (κ2) is 13.3. The Morgan fingerprint density at radius 1 is 0.978 bits per heavy atom. The number of benzene rings is 3. The number of ether oxygens (including phenoxy) is 2. The van der Waals surface area contributed by atoms with Crippen molar-refractivity contribution < 1.29 is 33.3 Å². The van der Waals surface area contributed by atoms with Gasteiger partial charge in [0, 0.05) is 42.8 Å². The van der Waals surface area contributed by atoms with Gasteiger partial charge in [0.1, 0.15) is 29.7 Å². The molecule has 0 aliphatic carbocycles. The number of rotatable bonds is 10. The van der Waals surface area contributed by atoms with Gasteiger partial charge in [-0.3, -0.25) is 0 Å². The van der Waals surface area contributed by atoms with Gasteiger partial charge in [0.05, 0.1) is 28.9 Å². The fraction of sp³-hybridized carbons (Fsp3) is 0.229. The Morgan fingerprint density at radius 3 is 2.47 bits per heavy atom. The second-order valence-electron chi connectivity index (χ2n) is 10.9. The highest BCUT2D eigenvalue weighted by molar-refractivity contribution is 5.92. The van der Waals surface area contributed by atoms with E-state index in [0.717, 1.165) is 0 Å². The van der Waals surface area contributed by atoms with E-state index in [9.17, 15) is 19.4 Å². The van der Waals surface area contributed by atoms with Crippen molar-refractivity contribution in [2.45, 2.75) is 39.0 Å². The largest absolute Gasteiger partial charge is 0.478 e. The number of aliphatic hydroxyl groups is 1. The maximum Gasteiger partial charge on any atom is 0.335 e. The molecule has 2 heterocycles. The molecule has 10 heteroatoms. The van der Waals surface area contributed by atoms with Crippen molar-refractivity contribution in [3.05, 3.63) is 113 Å². The third-order valence-corrected chi connectivity index (χ3v) is 6.96. The number of methoxy groups -OCH3 is 1. The highest BCUT2D eigenvalue weighted by atomic mass is 19.1. The van der Waals surface area contributed by atoms with Crippen LogP contribution in [0.3, 0.4) is 0 Å². The van der Waals surface area contributed by atoms with Crippen LogP contribution in [0, 0.1) is 23.5 Å². The van der Waals surface area contributed by atoms with Gasteiger partial charge in [-0.2, -0.15) is 0 Å². The summed E-state index contributed by atoms with van der Waals surface area (Å²) in [5.41, 5.74) is 2.35. The monoisotopic (exact) mass is 611 g/mol. The third kappa shape index (κ3) is 7.70. The van der Waals surface area contributed by atoms with Crippen molar-refractivity contribution >= 4 is 17.0 Å². The molecule has 0 unspecified atom stereocenters. The molecule has 45 heavy (non-hydrogen) atoms. The van der Waals surface area contributed by atoms with E-state index in [0.29, 0.717) is 58.0 Å². The van der Waals surface area contributed by atoms with Gasteiger partial charge in [-0.05, 0) is 61.9 Å². The van der Waals surface area contributed by atoms with Crippen molar-refractivity contribution in [2.75, 3.05) is 13.7 Å². The van der Waals surface area contributed by atoms with E-state index in [1.807, 2.05) is 4.57 Å². The molecule has 0 fully saturated rings. The first-order valence-electron chi connectivity index (χ1n) is 14.1. The van der Waals surface area contributed by atoms with Crippen LogP contribution < -0.4 is 4.74 Å². The molecule has 0 amide bonds. The number of fused-ring (bicyclic) bond motifs is 1. The summed E-state index contributed by atoms with van der Waals surface area (Å²) in [4.78, 5) is 20.6. The summed E-state index contributed by atoms with van der Waals surface area (Å²) in [5, 5.41) is 19.2. The van der Waals surface area contributed by atoms with Crippen LogP contribution in [0.4, 0.5) is 8.78 Å². The zero-order valence-corrected chi connectivity index (χ0v) is 25.0. The Balaban J connectivity index is 1.32. The summed E-state index contributed by atoms with van der Waals surface area (Å²) in [6.07, 6.45) is 0.178. The fourth-order valence-corrected chi connectivity index (χ4v) is 4.67. The van der Waals surface area contributed by atoms with Crippen LogP contribution in [0.2, 0.25) is 0 Å². The van der Waals surface area contributed by atoms with E-state index in [1.165, 1.54) is 18.2 Å². The molecule has 0 aliphatic rings. The van der Waals surface area contributed by atoms with Crippen LogP contribution in [-0.4, -0.2) is 50.0 Å². The van der Waals surface area contributed by atoms with Crippen molar-refractivity contribution in [1.29, 1.82) is 0 Å². The maximum absolute atomic E-state index is 15.4. The fourth-order valence-electron chi connectivity index (χ4n) is 4.67. The number of aromatic carboxylic acids is 1. The van der Waals surface area contributed by atoms with Gasteiger partial charge in [0.2, 0.25) is 5.88 Å². The lowest BCUT2D eigenvalue weighted by Gasteiger charge is -2.11. The third-order valence-electron chi connectivity index (χ3n) is 6.96. The van der Waals surface area contributed by atoms with Crippen LogP contribution in [0.1, 0.15) is 46.7 Å². The second-order valence-corrected chi connectivity index (χ2v) is 10.9. The van der Waals surface area contributed by atoms with E-state index in [4.69, 9.17) is 9.47 Å². The molecule has 0 bridgehead atoms. The summed E-state index contributed by atoms with van der Waals surface area (Å²) in [6, 6.07) is 19.1. The van der Waals surface area contributed by atoms with Crippen LogP contribution >= 0.6 is 0 Å². The predicted molar refractivity (Wildman–Crippen MR) is 165 cm³/mol. The van der Waals surface area contributed by atoms with Crippen LogP contribution in [0.15, 0.2) is 72.8 Å². The highest BCUT2D eigenvalue weighted by Crippen LogP contribution is 2.26. The van der Waals surface area contributed by atoms with Gasteiger partial charge >= 0.3 is 5.97 Å². The summed E-state index contributed by atoms with van der Waals surface area (Å²) < 4.78 is 42.9. The highest BCUT2D eigenvalue weighted by Gasteiger charge is 2.16. The number of imidazole rings is 1. The Hall–Kier alpha value is -5.11. The average Bonchev–Trinajstić information content (AvgIpc) is 3.35. The normalized spacial score (nSPS) is 11.3. The zero-order chi connectivity index (χ0) is 32.1. The molecule has 230 valence electrons. The molecule has 2 aromatic heterocycles. The number of nitrogens with zero attached hydrogens (tertiary/aromatic N) is 3. The smallest absolute Gasteiger partial charge is 0.335 e. The number of halogens is 2. The predicted octanol–water partition coefficient (Wildman–Crippen LogP) is 6.01. The summed E-state index contributed by atoms with van der Waals surface area (Å²) >= 11 is 0. The number of hydrogen-bond acceptors (Lipinski definition) is 6. The molecule has 0 atom stereocenters.